The van der Waals surface area contributed by atoms with Crippen LogP contribution >= 0.6 is 23.5 Å². The van der Waals surface area contributed by atoms with E-state index in [-0.39, 0.29) is 22.2 Å². The van der Waals surface area contributed by atoms with E-state index in [1.54, 1.807) is 0 Å². The van der Waals surface area contributed by atoms with Gasteiger partial charge in [-0.2, -0.15) is 13.2 Å². The highest BCUT2D eigenvalue weighted by atomic mass is 32.2. The molecule has 0 saturated carbocycles. The van der Waals surface area contributed by atoms with E-state index >= 15 is 0 Å². The van der Waals surface area contributed by atoms with Crippen molar-refractivity contribution >= 4 is 35.2 Å². The number of thioether (sulfide) groups is 2. The average Bonchev–Trinajstić information content (AvgIpc) is 2.75. The van der Waals surface area contributed by atoms with Crippen LogP contribution in [-0.4, -0.2) is 32.7 Å². The highest BCUT2D eigenvalue weighted by molar-refractivity contribution is 8.00. The van der Waals surface area contributed by atoms with E-state index in [2.05, 4.69) is 15.3 Å². The molecule has 2 rings (SSSR count). The van der Waals surface area contributed by atoms with Crippen LogP contribution in [0.2, 0.25) is 0 Å². The first kappa shape index (κ1) is 14.3. The first-order valence-corrected chi connectivity index (χ1v) is 7.05. The molecule has 0 aliphatic carbocycles. The second kappa shape index (κ2) is 5.45. The van der Waals surface area contributed by atoms with Crippen molar-refractivity contribution in [3.05, 3.63) is 5.82 Å². The smallest absolute Gasteiger partial charge is 0.451 e. The second-order valence-corrected chi connectivity index (χ2v) is 5.54. The summed E-state index contributed by atoms with van der Waals surface area (Å²) in [6.45, 7) is 0. The Balaban J connectivity index is 2.25. The zero-order valence-corrected chi connectivity index (χ0v) is 11.0. The number of halogens is 3. The number of nitrogens with zero attached hydrogens (tertiary/aromatic N) is 2. The van der Waals surface area contributed by atoms with E-state index in [0.717, 1.165) is 23.5 Å². The summed E-state index contributed by atoms with van der Waals surface area (Å²) in [5.41, 5.74) is 0.452. The van der Waals surface area contributed by atoms with E-state index in [1.165, 1.54) is 0 Å². The lowest BCUT2D eigenvalue weighted by Gasteiger charge is -2.10. The lowest BCUT2D eigenvalue weighted by atomic mass is 10.5. The van der Waals surface area contributed by atoms with Crippen LogP contribution in [0.15, 0.2) is 10.1 Å². The molecule has 0 amide bonds. The largest absolute Gasteiger partial charge is 0.481 e. The maximum Gasteiger partial charge on any atom is 0.451 e. The summed E-state index contributed by atoms with van der Waals surface area (Å²) in [6.07, 6.45) is -4.75. The van der Waals surface area contributed by atoms with Gasteiger partial charge < -0.3 is 10.4 Å². The number of nitrogens with one attached hydrogen (secondary N) is 1. The molecule has 1 aliphatic heterocycles. The first-order valence-electron chi connectivity index (χ1n) is 5.08. The van der Waals surface area contributed by atoms with Gasteiger partial charge in [-0.25, -0.2) is 9.97 Å². The van der Waals surface area contributed by atoms with Gasteiger partial charge in [0.2, 0.25) is 5.82 Å². The maximum atomic E-state index is 12.6. The molecule has 2 heterocycles. The summed E-state index contributed by atoms with van der Waals surface area (Å²) < 4.78 is 37.9. The van der Waals surface area contributed by atoms with Gasteiger partial charge in [-0.1, -0.05) is 11.8 Å². The average molecular weight is 311 g/mol. The van der Waals surface area contributed by atoms with Crippen LogP contribution in [0.4, 0.5) is 18.9 Å². The van der Waals surface area contributed by atoms with Crippen molar-refractivity contribution in [1.82, 2.24) is 9.97 Å². The van der Waals surface area contributed by atoms with Gasteiger partial charge in [0.25, 0.3) is 0 Å². The Hall–Kier alpha value is -1.16. The Bertz CT molecular complexity index is 510. The van der Waals surface area contributed by atoms with Crippen LogP contribution in [0.25, 0.3) is 0 Å². The molecule has 19 heavy (non-hydrogen) atoms. The molecular formula is C9H8F3N3O2S2. The number of anilines is 1. The van der Waals surface area contributed by atoms with Crippen LogP contribution in [0.3, 0.4) is 0 Å². The van der Waals surface area contributed by atoms with E-state index in [1.807, 2.05) is 0 Å². The van der Waals surface area contributed by atoms with Crippen LogP contribution < -0.4 is 5.32 Å². The van der Waals surface area contributed by atoms with E-state index in [9.17, 15) is 18.0 Å². The number of aromatic nitrogens is 2. The minimum atomic E-state index is -4.61. The van der Waals surface area contributed by atoms with Crippen LogP contribution in [-0.2, 0) is 11.0 Å². The molecule has 2 N–H and O–H groups in total. The molecule has 0 bridgehead atoms. The highest BCUT2D eigenvalue weighted by Crippen LogP contribution is 2.40. The van der Waals surface area contributed by atoms with Gasteiger partial charge in [-0.3, -0.25) is 4.79 Å². The molecule has 104 valence electrons. The Labute approximate surface area is 114 Å². The molecule has 0 atom stereocenters. The number of rotatable bonds is 4. The summed E-state index contributed by atoms with van der Waals surface area (Å²) in [7, 11) is 0. The van der Waals surface area contributed by atoms with Crippen molar-refractivity contribution in [3.63, 3.8) is 0 Å². The van der Waals surface area contributed by atoms with Crippen molar-refractivity contribution in [1.29, 1.82) is 0 Å². The number of alkyl halides is 3. The van der Waals surface area contributed by atoms with Crippen molar-refractivity contribution < 1.29 is 23.1 Å². The summed E-state index contributed by atoms with van der Waals surface area (Å²) in [6, 6.07) is 0. The molecule has 0 saturated heterocycles. The monoisotopic (exact) mass is 311 g/mol. The number of carboxylic acids is 1. The third kappa shape index (κ3) is 3.44. The number of carboxylic acid groups (broad SMARTS) is 1. The fourth-order valence-electron chi connectivity index (χ4n) is 1.32. The van der Waals surface area contributed by atoms with Crippen LogP contribution in [0, 0.1) is 0 Å². The quantitative estimate of drug-likeness (QED) is 0.653. The molecule has 0 fully saturated rings. The lowest BCUT2D eigenvalue weighted by Crippen LogP contribution is -2.12. The summed E-state index contributed by atoms with van der Waals surface area (Å²) in [4.78, 5) is 17.3. The molecule has 0 radical (unpaired) electrons. The summed E-state index contributed by atoms with van der Waals surface area (Å²) in [5, 5.41) is 11.8. The SMILES string of the molecule is O=C(O)CCSc1nc(C(F)(F)F)nc2c1NCS2. The van der Waals surface area contributed by atoms with Gasteiger partial charge >= 0.3 is 12.1 Å². The molecule has 1 aliphatic rings. The van der Waals surface area contributed by atoms with Gasteiger partial charge in [-0.05, 0) is 0 Å². The Morgan fingerprint density at radius 2 is 2.21 bits per heavy atom. The number of hydrogen-bond acceptors (Lipinski definition) is 6. The predicted octanol–water partition coefficient (Wildman–Crippen LogP) is 2.54. The summed E-state index contributed by atoms with van der Waals surface area (Å²) in [5.74, 6) is -1.61. The van der Waals surface area contributed by atoms with E-state index in [0.29, 0.717) is 11.6 Å². The summed E-state index contributed by atoms with van der Waals surface area (Å²) >= 11 is 2.14. The van der Waals surface area contributed by atoms with Crippen molar-refractivity contribution in [3.8, 4) is 0 Å². The second-order valence-electron chi connectivity index (χ2n) is 3.49. The standard InChI is InChI=1S/C9H8F3N3O2S2/c10-9(11,12)8-14-6(18-2-1-4(16)17)5-7(15-8)19-3-13-5/h13H,1-3H2,(H,16,17). The normalized spacial score (nSPS) is 14.1. The Morgan fingerprint density at radius 1 is 1.47 bits per heavy atom. The third-order valence-electron chi connectivity index (χ3n) is 2.11. The van der Waals surface area contributed by atoms with Crippen molar-refractivity contribution in [2.75, 3.05) is 16.9 Å². The zero-order valence-electron chi connectivity index (χ0n) is 9.32. The van der Waals surface area contributed by atoms with Gasteiger partial charge in [-0.15, -0.1) is 11.8 Å². The van der Waals surface area contributed by atoms with Crippen LogP contribution in [0.1, 0.15) is 12.2 Å². The van der Waals surface area contributed by atoms with Gasteiger partial charge in [0.15, 0.2) is 0 Å². The third-order valence-corrected chi connectivity index (χ3v) is 3.94. The molecular weight excluding hydrogens is 303 g/mol. The van der Waals surface area contributed by atoms with Gasteiger partial charge in [0, 0.05) is 5.75 Å². The minimum absolute atomic E-state index is 0.141. The van der Waals surface area contributed by atoms with Crippen LogP contribution in [0.5, 0.6) is 0 Å². The molecule has 10 heteroatoms. The molecule has 1 aromatic rings. The predicted molar refractivity (Wildman–Crippen MR) is 64.4 cm³/mol. The molecule has 0 unspecified atom stereocenters. The van der Waals surface area contributed by atoms with E-state index in [4.69, 9.17) is 5.11 Å². The van der Waals surface area contributed by atoms with Crippen molar-refractivity contribution in [2.45, 2.75) is 22.6 Å². The fraction of sp³-hybridized carbons (Fsp3) is 0.444. The van der Waals surface area contributed by atoms with Gasteiger partial charge in [0.1, 0.15) is 15.7 Å². The fourth-order valence-corrected chi connectivity index (χ4v) is 3.14. The van der Waals surface area contributed by atoms with E-state index < -0.39 is 18.0 Å². The molecule has 0 spiro atoms. The molecule has 1 aromatic heterocycles. The molecule has 0 aromatic carbocycles. The molecule has 5 nitrogen and oxygen atoms in total. The number of fused-ring (bicyclic) bond motifs is 1. The lowest BCUT2D eigenvalue weighted by molar-refractivity contribution is -0.145. The maximum absolute atomic E-state index is 12.6. The zero-order chi connectivity index (χ0) is 14.0. The number of aliphatic carboxylic acids is 1. The minimum Gasteiger partial charge on any atom is -0.481 e. The highest BCUT2D eigenvalue weighted by Gasteiger charge is 2.37. The Kier molecular flexibility index (Phi) is 4.09. The Morgan fingerprint density at radius 3 is 2.84 bits per heavy atom. The van der Waals surface area contributed by atoms with Crippen molar-refractivity contribution in [2.24, 2.45) is 0 Å². The first-order chi connectivity index (χ1) is 8.88. The topological polar surface area (TPSA) is 75.1 Å². The van der Waals surface area contributed by atoms with Gasteiger partial charge in [0.05, 0.1) is 12.3 Å². The number of carbonyl (C=O) groups is 1. The number of hydrogen-bond donors (Lipinski definition) is 2.